The Kier molecular flexibility index (Phi) is 4.48. The van der Waals surface area contributed by atoms with Crippen molar-refractivity contribution >= 4 is 39.7 Å². The number of rotatable bonds is 5. The van der Waals surface area contributed by atoms with Gasteiger partial charge in [-0.05, 0) is 36.4 Å². The quantitative estimate of drug-likeness (QED) is 0.662. The Morgan fingerprint density at radius 3 is 2.54 bits per heavy atom. The highest BCUT2D eigenvalue weighted by Crippen LogP contribution is 2.21. The minimum atomic E-state index is -0.515. The largest absolute Gasteiger partial charge is 0.366 e. The molecule has 0 radical (unpaired) electrons. The molecule has 2 amide bonds. The topological polar surface area (TPSA) is 110 Å². The van der Waals surface area contributed by atoms with E-state index in [0.29, 0.717) is 22.1 Å². The van der Waals surface area contributed by atoms with Gasteiger partial charge >= 0.3 is 0 Å². The molecule has 0 saturated carbocycles. The Balaban J connectivity index is 1.66. The van der Waals surface area contributed by atoms with Crippen LogP contribution in [0.3, 0.4) is 0 Å². The molecule has 7 nitrogen and oxygen atoms in total. The number of nitrogens with two attached hydrogens (primary N) is 1. The molecule has 0 fully saturated rings. The molecular formula is C16H13N5O2S. The van der Waals surface area contributed by atoms with Gasteiger partial charge < -0.3 is 16.4 Å². The SMILES string of the molecule is NC(=O)c1ccc(NC(=O)c2csc(Nc3cccnc3)n2)cc1. The van der Waals surface area contributed by atoms with Gasteiger partial charge in [0, 0.05) is 22.8 Å². The van der Waals surface area contributed by atoms with Gasteiger partial charge in [0.15, 0.2) is 5.13 Å². The summed E-state index contributed by atoms with van der Waals surface area (Å²) < 4.78 is 0. The van der Waals surface area contributed by atoms with Crippen LogP contribution in [0.1, 0.15) is 20.8 Å². The van der Waals surface area contributed by atoms with Crippen molar-refractivity contribution in [3.8, 4) is 0 Å². The van der Waals surface area contributed by atoms with Gasteiger partial charge in [-0.25, -0.2) is 4.98 Å². The minimum absolute atomic E-state index is 0.297. The molecule has 0 unspecified atom stereocenters. The highest BCUT2D eigenvalue weighted by atomic mass is 32.1. The number of amides is 2. The standard InChI is InChI=1S/C16H13N5O2S/c17-14(22)10-3-5-11(6-4-10)19-15(23)13-9-24-16(21-13)20-12-2-1-7-18-8-12/h1-9H,(H2,17,22)(H,19,23)(H,20,21). The lowest BCUT2D eigenvalue weighted by Crippen LogP contribution is -2.13. The van der Waals surface area contributed by atoms with Crippen LogP contribution in [0.25, 0.3) is 0 Å². The molecule has 3 rings (SSSR count). The van der Waals surface area contributed by atoms with Gasteiger partial charge in [0.1, 0.15) is 5.69 Å². The lowest BCUT2D eigenvalue weighted by atomic mass is 10.2. The van der Waals surface area contributed by atoms with Gasteiger partial charge in [0.05, 0.1) is 11.9 Å². The van der Waals surface area contributed by atoms with Crippen molar-refractivity contribution < 1.29 is 9.59 Å². The molecule has 24 heavy (non-hydrogen) atoms. The summed E-state index contributed by atoms with van der Waals surface area (Å²) >= 11 is 1.32. The zero-order chi connectivity index (χ0) is 16.9. The van der Waals surface area contributed by atoms with E-state index in [1.165, 1.54) is 11.3 Å². The molecule has 0 aliphatic rings. The summed E-state index contributed by atoms with van der Waals surface area (Å²) in [4.78, 5) is 31.5. The zero-order valence-electron chi connectivity index (χ0n) is 12.4. The van der Waals surface area contributed by atoms with Crippen LogP contribution in [0.5, 0.6) is 0 Å². The van der Waals surface area contributed by atoms with Gasteiger partial charge in [0.2, 0.25) is 5.91 Å². The zero-order valence-corrected chi connectivity index (χ0v) is 13.2. The summed E-state index contributed by atoms with van der Waals surface area (Å²) in [7, 11) is 0. The molecule has 0 spiro atoms. The summed E-state index contributed by atoms with van der Waals surface area (Å²) in [6, 6.07) is 9.98. The van der Waals surface area contributed by atoms with E-state index in [9.17, 15) is 9.59 Å². The van der Waals surface area contributed by atoms with E-state index in [-0.39, 0.29) is 5.91 Å². The molecule has 8 heteroatoms. The van der Waals surface area contributed by atoms with Gasteiger partial charge in [-0.2, -0.15) is 0 Å². The summed E-state index contributed by atoms with van der Waals surface area (Å²) in [6.07, 6.45) is 3.34. The Morgan fingerprint density at radius 1 is 1.08 bits per heavy atom. The minimum Gasteiger partial charge on any atom is -0.366 e. The van der Waals surface area contributed by atoms with Crippen LogP contribution in [0.15, 0.2) is 54.2 Å². The van der Waals surface area contributed by atoms with Crippen molar-refractivity contribution in [1.82, 2.24) is 9.97 Å². The van der Waals surface area contributed by atoms with Crippen LogP contribution in [0, 0.1) is 0 Å². The van der Waals surface area contributed by atoms with Crippen molar-refractivity contribution in [3.05, 3.63) is 65.4 Å². The predicted molar refractivity (Wildman–Crippen MR) is 92.5 cm³/mol. The van der Waals surface area contributed by atoms with Gasteiger partial charge in [-0.1, -0.05) is 0 Å². The smallest absolute Gasteiger partial charge is 0.275 e. The first kappa shape index (κ1) is 15.6. The van der Waals surface area contributed by atoms with Crippen LogP contribution in [-0.4, -0.2) is 21.8 Å². The Bertz CT molecular complexity index is 862. The molecule has 120 valence electrons. The number of anilines is 3. The van der Waals surface area contributed by atoms with Crippen molar-refractivity contribution in [2.75, 3.05) is 10.6 Å². The van der Waals surface area contributed by atoms with E-state index < -0.39 is 5.91 Å². The van der Waals surface area contributed by atoms with Crippen molar-refractivity contribution in [3.63, 3.8) is 0 Å². The van der Waals surface area contributed by atoms with E-state index in [1.807, 2.05) is 6.07 Å². The first-order valence-corrected chi connectivity index (χ1v) is 7.83. The van der Waals surface area contributed by atoms with E-state index in [1.54, 1.807) is 48.1 Å². The number of thiazole rings is 1. The Labute approximate surface area is 141 Å². The summed E-state index contributed by atoms with van der Waals surface area (Å²) in [5, 5.41) is 8.04. The molecule has 0 aliphatic carbocycles. The average Bonchev–Trinajstić information content (AvgIpc) is 3.05. The van der Waals surface area contributed by atoms with Crippen molar-refractivity contribution in [2.45, 2.75) is 0 Å². The summed E-state index contributed by atoms with van der Waals surface area (Å²) in [5.41, 5.74) is 7.20. The number of nitrogens with zero attached hydrogens (tertiary/aromatic N) is 2. The molecule has 4 N–H and O–H groups in total. The lowest BCUT2D eigenvalue weighted by molar-refractivity contribution is 0.0998. The number of benzene rings is 1. The Morgan fingerprint density at radius 2 is 1.88 bits per heavy atom. The Hall–Kier alpha value is -3.26. The lowest BCUT2D eigenvalue weighted by Gasteiger charge is -2.04. The fourth-order valence-electron chi connectivity index (χ4n) is 1.91. The first-order valence-electron chi connectivity index (χ1n) is 6.95. The van der Waals surface area contributed by atoms with E-state index in [0.717, 1.165) is 5.69 Å². The third-order valence-corrected chi connectivity index (χ3v) is 3.83. The highest BCUT2D eigenvalue weighted by molar-refractivity contribution is 7.14. The number of carbonyl (C=O) groups is 2. The normalized spacial score (nSPS) is 10.2. The van der Waals surface area contributed by atoms with Crippen LogP contribution in [0.4, 0.5) is 16.5 Å². The van der Waals surface area contributed by atoms with Gasteiger partial charge in [-0.3, -0.25) is 14.6 Å². The van der Waals surface area contributed by atoms with E-state index in [4.69, 9.17) is 5.73 Å². The molecule has 2 heterocycles. The van der Waals surface area contributed by atoms with Gasteiger partial charge in [-0.15, -0.1) is 11.3 Å². The maximum atomic E-state index is 12.2. The van der Waals surface area contributed by atoms with Crippen LogP contribution >= 0.6 is 11.3 Å². The van der Waals surface area contributed by atoms with Crippen LogP contribution in [0.2, 0.25) is 0 Å². The van der Waals surface area contributed by atoms with Crippen LogP contribution < -0.4 is 16.4 Å². The predicted octanol–water partition coefficient (Wildman–Crippen LogP) is 2.63. The second kappa shape index (κ2) is 6.88. The number of aromatic nitrogens is 2. The maximum Gasteiger partial charge on any atom is 0.275 e. The summed E-state index contributed by atoms with van der Waals surface area (Å²) in [5.74, 6) is -0.851. The fourth-order valence-corrected chi connectivity index (χ4v) is 2.62. The number of nitrogens with one attached hydrogen (secondary N) is 2. The maximum absolute atomic E-state index is 12.2. The number of carbonyl (C=O) groups excluding carboxylic acids is 2. The molecule has 0 saturated heterocycles. The molecule has 0 aliphatic heterocycles. The first-order chi connectivity index (χ1) is 11.6. The number of pyridine rings is 1. The number of hydrogen-bond acceptors (Lipinski definition) is 6. The van der Waals surface area contributed by atoms with Crippen LogP contribution in [-0.2, 0) is 0 Å². The van der Waals surface area contributed by atoms with Crippen molar-refractivity contribution in [1.29, 1.82) is 0 Å². The summed E-state index contributed by atoms with van der Waals surface area (Å²) in [6.45, 7) is 0. The monoisotopic (exact) mass is 339 g/mol. The molecule has 0 atom stereocenters. The highest BCUT2D eigenvalue weighted by Gasteiger charge is 2.11. The fraction of sp³-hybridized carbons (Fsp3) is 0. The third-order valence-electron chi connectivity index (χ3n) is 3.08. The average molecular weight is 339 g/mol. The molecule has 2 aromatic heterocycles. The molecule has 1 aromatic carbocycles. The van der Waals surface area contributed by atoms with E-state index >= 15 is 0 Å². The molecule has 0 bridgehead atoms. The van der Waals surface area contributed by atoms with E-state index in [2.05, 4.69) is 20.6 Å². The third kappa shape index (κ3) is 3.73. The molecular weight excluding hydrogens is 326 g/mol. The number of primary amides is 1. The van der Waals surface area contributed by atoms with Gasteiger partial charge in [0.25, 0.3) is 5.91 Å². The molecule has 3 aromatic rings. The second-order valence-corrected chi connectivity index (χ2v) is 5.66. The van der Waals surface area contributed by atoms with Crippen molar-refractivity contribution in [2.24, 2.45) is 5.73 Å². The number of hydrogen-bond donors (Lipinski definition) is 3. The second-order valence-electron chi connectivity index (χ2n) is 4.80.